The third-order valence-corrected chi connectivity index (χ3v) is 3.61. The molecule has 1 aromatic heterocycles. The van der Waals surface area contributed by atoms with Crippen molar-refractivity contribution in [1.29, 1.82) is 0 Å². The Bertz CT molecular complexity index is 728. The normalized spacial score (nSPS) is 10.6. The molecule has 3 rings (SSSR count). The summed E-state index contributed by atoms with van der Waals surface area (Å²) in [5, 5.41) is 4.94. The van der Waals surface area contributed by atoms with Gasteiger partial charge < -0.3 is 5.32 Å². The highest BCUT2D eigenvalue weighted by atomic mass is 79.9. The minimum Gasteiger partial charge on any atom is -0.340 e. The van der Waals surface area contributed by atoms with Gasteiger partial charge in [0.15, 0.2) is 0 Å². The Morgan fingerprint density at radius 1 is 1.00 bits per heavy atom. The topological polar surface area (TPSA) is 37.8 Å². The van der Waals surface area contributed by atoms with Crippen molar-refractivity contribution in [3.8, 4) is 0 Å². The molecule has 0 unspecified atom stereocenters. The number of benzene rings is 2. The molecule has 0 amide bonds. The van der Waals surface area contributed by atoms with Crippen LogP contribution in [-0.4, -0.2) is 9.97 Å². The van der Waals surface area contributed by atoms with Crippen molar-refractivity contribution in [2.45, 2.75) is 0 Å². The van der Waals surface area contributed by atoms with Crippen LogP contribution in [0.1, 0.15) is 0 Å². The van der Waals surface area contributed by atoms with E-state index in [-0.39, 0.29) is 0 Å². The number of rotatable bonds is 2. The molecule has 0 aliphatic heterocycles. The van der Waals surface area contributed by atoms with E-state index in [1.54, 1.807) is 6.33 Å². The third-order valence-electron chi connectivity index (χ3n) is 2.72. The van der Waals surface area contributed by atoms with Crippen LogP contribution >= 0.6 is 27.5 Å². The average Bonchev–Trinajstić information content (AvgIpc) is 2.43. The fourth-order valence-corrected chi connectivity index (χ4v) is 2.42. The Hall–Kier alpha value is -1.65. The molecule has 0 aliphatic rings. The van der Waals surface area contributed by atoms with Gasteiger partial charge >= 0.3 is 0 Å². The first-order chi connectivity index (χ1) is 9.24. The first-order valence-electron chi connectivity index (χ1n) is 5.66. The molecule has 0 atom stereocenters. The lowest BCUT2D eigenvalue weighted by Gasteiger charge is -2.08. The molecule has 0 saturated carbocycles. The van der Waals surface area contributed by atoms with Crippen molar-refractivity contribution < 1.29 is 0 Å². The summed E-state index contributed by atoms with van der Waals surface area (Å²) in [5.41, 5.74) is 1.82. The number of hydrogen-bond acceptors (Lipinski definition) is 3. The summed E-state index contributed by atoms with van der Waals surface area (Å²) in [6.45, 7) is 0. The maximum atomic E-state index is 5.87. The van der Waals surface area contributed by atoms with Gasteiger partial charge in [-0.25, -0.2) is 9.97 Å². The highest BCUT2D eigenvalue weighted by Crippen LogP contribution is 2.27. The van der Waals surface area contributed by atoms with Gasteiger partial charge in [0, 0.05) is 20.6 Å². The molecule has 0 radical (unpaired) electrons. The molecule has 0 saturated heterocycles. The number of nitrogens with zero attached hydrogens (tertiary/aromatic N) is 2. The summed E-state index contributed by atoms with van der Waals surface area (Å²) >= 11 is 9.36. The van der Waals surface area contributed by atoms with Crippen molar-refractivity contribution in [2.24, 2.45) is 0 Å². The Kier molecular flexibility index (Phi) is 3.36. The van der Waals surface area contributed by atoms with Crippen LogP contribution in [0.3, 0.4) is 0 Å². The third kappa shape index (κ3) is 2.55. The fraction of sp³-hybridized carbons (Fsp3) is 0. The number of fused-ring (bicyclic) bond motifs is 1. The minimum absolute atomic E-state index is 0.709. The molecular formula is C14H9BrClN3. The molecule has 0 bridgehead atoms. The van der Waals surface area contributed by atoms with Crippen molar-refractivity contribution in [1.82, 2.24) is 9.97 Å². The Labute approximate surface area is 123 Å². The van der Waals surface area contributed by atoms with Crippen molar-refractivity contribution in [3.05, 3.63) is 58.3 Å². The van der Waals surface area contributed by atoms with E-state index in [1.165, 1.54) is 0 Å². The predicted octanol–water partition coefficient (Wildman–Crippen LogP) is 4.79. The van der Waals surface area contributed by atoms with Crippen molar-refractivity contribution in [3.63, 3.8) is 0 Å². The molecule has 2 aromatic carbocycles. The molecule has 5 heteroatoms. The second kappa shape index (κ2) is 5.15. The van der Waals surface area contributed by atoms with Crippen LogP contribution in [0.25, 0.3) is 10.9 Å². The van der Waals surface area contributed by atoms with E-state index in [9.17, 15) is 0 Å². The molecular weight excluding hydrogens is 326 g/mol. The van der Waals surface area contributed by atoms with E-state index in [4.69, 9.17) is 11.6 Å². The quantitative estimate of drug-likeness (QED) is 0.732. The first-order valence-corrected chi connectivity index (χ1v) is 6.83. The van der Waals surface area contributed by atoms with E-state index in [2.05, 4.69) is 31.2 Å². The van der Waals surface area contributed by atoms with E-state index in [0.717, 1.165) is 26.9 Å². The summed E-state index contributed by atoms with van der Waals surface area (Å²) in [6.07, 6.45) is 1.55. The summed E-state index contributed by atoms with van der Waals surface area (Å²) in [7, 11) is 0. The van der Waals surface area contributed by atoms with Crippen LogP contribution in [0.4, 0.5) is 11.5 Å². The molecule has 1 heterocycles. The molecule has 0 fully saturated rings. The number of nitrogens with one attached hydrogen (secondary N) is 1. The van der Waals surface area contributed by atoms with Gasteiger partial charge in [-0.2, -0.15) is 0 Å². The summed E-state index contributed by atoms with van der Waals surface area (Å²) < 4.78 is 0.951. The van der Waals surface area contributed by atoms with Crippen LogP contribution in [0, 0.1) is 0 Å². The van der Waals surface area contributed by atoms with Crippen LogP contribution in [-0.2, 0) is 0 Å². The molecule has 3 aromatic rings. The highest BCUT2D eigenvalue weighted by molar-refractivity contribution is 9.10. The largest absolute Gasteiger partial charge is 0.340 e. The van der Waals surface area contributed by atoms with Gasteiger partial charge in [-0.15, -0.1) is 0 Å². The molecule has 19 heavy (non-hydrogen) atoms. The van der Waals surface area contributed by atoms with Gasteiger partial charge in [0.2, 0.25) is 0 Å². The minimum atomic E-state index is 0.709. The zero-order valence-electron chi connectivity index (χ0n) is 9.77. The molecule has 94 valence electrons. The Morgan fingerprint density at radius 3 is 2.58 bits per heavy atom. The van der Waals surface area contributed by atoms with Crippen LogP contribution in [0.5, 0.6) is 0 Å². The van der Waals surface area contributed by atoms with Crippen LogP contribution in [0.15, 0.2) is 53.3 Å². The van der Waals surface area contributed by atoms with Gasteiger partial charge in [0.05, 0.1) is 5.52 Å². The monoisotopic (exact) mass is 333 g/mol. The SMILES string of the molecule is Clc1ccc(Nc2ncnc3c(Br)cccc23)cc1. The molecule has 0 aliphatic carbocycles. The van der Waals surface area contributed by atoms with Crippen LogP contribution < -0.4 is 5.32 Å². The van der Waals surface area contributed by atoms with Crippen molar-refractivity contribution in [2.75, 3.05) is 5.32 Å². The lowest BCUT2D eigenvalue weighted by Crippen LogP contribution is -1.96. The summed E-state index contributed by atoms with van der Waals surface area (Å²) in [6, 6.07) is 13.4. The van der Waals surface area contributed by atoms with E-state index in [1.807, 2.05) is 42.5 Å². The molecule has 1 N–H and O–H groups in total. The molecule has 3 nitrogen and oxygen atoms in total. The first kappa shape index (κ1) is 12.4. The van der Waals surface area contributed by atoms with E-state index >= 15 is 0 Å². The van der Waals surface area contributed by atoms with E-state index < -0.39 is 0 Å². The second-order valence-corrected chi connectivity index (χ2v) is 5.28. The number of aromatic nitrogens is 2. The fourth-order valence-electron chi connectivity index (χ4n) is 1.82. The Balaban J connectivity index is 2.06. The van der Waals surface area contributed by atoms with Gasteiger partial charge in [0.1, 0.15) is 12.1 Å². The lowest BCUT2D eigenvalue weighted by atomic mass is 10.2. The highest BCUT2D eigenvalue weighted by Gasteiger charge is 2.06. The number of halogens is 2. The predicted molar refractivity (Wildman–Crippen MR) is 82.0 cm³/mol. The number of para-hydroxylation sites is 1. The lowest BCUT2D eigenvalue weighted by molar-refractivity contribution is 1.21. The van der Waals surface area contributed by atoms with Gasteiger partial charge in [0.25, 0.3) is 0 Å². The van der Waals surface area contributed by atoms with Gasteiger partial charge in [-0.1, -0.05) is 17.7 Å². The molecule has 0 spiro atoms. The number of hydrogen-bond donors (Lipinski definition) is 1. The van der Waals surface area contributed by atoms with E-state index in [0.29, 0.717) is 5.02 Å². The van der Waals surface area contributed by atoms with Crippen molar-refractivity contribution >= 4 is 49.9 Å². The van der Waals surface area contributed by atoms with Crippen LogP contribution in [0.2, 0.25) is 5.02 Å². The van der Waals surface area contributed by atoms with Gasteiger partial charge in [-0.05, 0) is 52.3 Å². The second-order valence-electron chi connectivity index (χ2n) is 3.99. The standard InChI is InChI=1S/C14H9BrClN3/c15-12-3-1-2-11-13(12)17-8-18-14(11)19-10-6-4-9(16)5-7-10/h1-8H,(H,17,18,19). The zero-order valence-corrected chi connectivity index (χ0v) is 12.1. The average molecular weight is 335 g/mol. The van der Waals surface area contributed by atoms with Gasteiger partial charge in [-0.3, -0.25) is 0 Å². The maximum absolute atomic E-state index is 5.87. The summed E-state index contributed by atoms with van der Waals surface area (Å²) in [4.78, 5) is 8.57. The summed E-state index contributed by atoms with van der Waals surface area (Å²) in [5.74, 6) is 0.772. The zero-order chi connectivity index (χ0) is 13.2. The Morgan fingerprint density at radius 2 is 1.79 bits per heavy atom. The smallest absolute Gasteiger partial charge is 0.141 e. The number of anilines is 2. The maximum Gasteiger partial charge on any atom is 0.141 e.